The third-order valence-corrected chi connectivity index (χ3v) is 4.78. The first kappa shape index (κ1) is 18.2. The SMILES string of the molecule is CCc1cc2cc(C(=O)O)ccn2c1C(=O)c1ccc(CCCCl)cc1. The number of carboxylic acid groups (broad SMARTS) is 1. The average molecular weight is 370 g/mol. The lowest BCUT2D eigenvalue weighted by molar-refractivity contribution is 0.0696. The van der Waals surface area contributed by atoms with Crippen LogP contribution in [-0.2, 0) is 12.8 Å². The molecule has 0 atom stereocenters. The molecular formula is C21H20ClNO3. The number of aryl methyl sites for hydroxylation is 2. The standard InChI is InChI=1S/C21H20ClNO3/c1-2-15-12-18-13-17(21(25)26)9-11-23(18)19(15)20(24)16-7-5-14(6-8-16)4-3-10-22/h5-9,11-13H,2-4,10H2,1H3,(H,25,26). The van der Waals surface area contributed by atoms with E-state index >= 15 is 0 Å². The van der Waals surface area contributed by atoms with Crippen molar-refractivity contribution in [3.63, 3.8) is 0 Å². The van der Waals surface area contributed by atoms with Gasteiger partial charge in [0.25, 0.3) is 0 Å². The van der Waals surface area contributed by atoms with Crippen LogP contribution in [0.25, 0.3) is 5.52 Å². The third-order valence-electron chi connectivity index (χ3n) is 4.51. The summed E-state index contributed by atoms with van der Waals surface area (Å²) < 4.78 is 1.77. The Morgan fingerprint density at radius 1 is 1.08 bits per heavy atom. The van der Waals surface area contributed by atoms with Gasteiger partial charge in [-0.3, -0.25) is 4.79 Å². The summed E-state index contributed by atoms with van der Waals surface area (Å²) in [4.78, 5) is 24.3. The van der Waals surface area contributed by atoms with Crippen LogP contribution in [-0.4, -0.2) is 27.1 Å². The summed E-state index contributed by atoms with van der Waals surface area (Å²) in [6, 6.07) is 12.6. The van der Waals surface area contributed by atoms with Gasteiger partial charge in [-0.25, -0.2) is 4.79 Å². The van der Waals surface area contributed by atoms with Gasteiger partial charge in [0.1, 0.15) is 0 Å². The Labute approximate surface area is 157 Å². The normalized spacial score (nSPS) is 11.0. The molecule has 0 saturated carbocycles. The van der Waals surface area contributed by atoms with E-state index in [4.69, 9.17) is 16.7 Å². The van der Waals surface area contributed by atoms with E-state index in [1.54, 1.807) is 16.7 Å². The number of pyridine rings is 1. The van der Waals surface area contributed by atoms with Crippen LogP contribution in [0.5, 0.6) is 0 Å². The van der Waals surface area contributed by atoms with Crippen molar-refractivity contribution in [1.29, 1.82) is 0 Å². The number of ketones is 1. The molecule has 0 amide bonds. The van der Waals surface area contributed by atoms with Gasteiger partial charge in [0, 0.05) is 23.2 Å². The fourth-order valence-corrected chi connectivity index (χ4v) is 3.26. The molecule has 1 N–H and O–H groups in total. The average Bonchev–Trinajstić information content (AvgIpc) is 3.03. The highest BCUT2D eigenvalue weighted by Crippen LogP contribution is 2.22. The lowest BCUT2D eigenvalue weighted by atomic mass is 10.0. The van der Waals surface area contributed by atoms with E-state index in [9.17, 15) is 9.59 Å². The highest BCUT2D eigenvalue weighted by Gasteiger charge is 2.19. The van der Waals surface area contributed by atoms with Crippen LogP contribution in [0, 0.1) is 0 Å². The van der Waals surface area contributed by atoms with E-state index < -0.39 is 5.97 Å². The van der Waals surface area contributed by atoms with E-state index in [0.29, 0.717) is 29.1 Å². The lowest BCUT2D eigenvalue weighted by Gasteiger charge is -2.07. The molecule has 0 aliphatic rings. The summed E-state index contributed by atoms with van der Waals surface area (Å²) in [6.07, 6.45) is 4.15. The number of aromatic nitrogens is 1. The van der Waals surface area contributed by atoms with Crippen LogP contribution in [0.15, 0.2) is 48.7 Å². The molecule has 0 spiro atoms. The smallest absolute Gasteiger partial charge is 0.335 e. The Morgan fingerprint density at radius 2 is 1.81 bits per heavy atom. The minimum Gasteiger partial charge on any atom is -0.478 e. The zero-order chi connectivity index (χ0) is 18.7. The number of hydrogen-bond acceptors (Lipinski definition) is 2. The maximum absolute atomic E-state index is 13.1. The van der Waals surface area contributed by atoms with E-state index in [2.05, 4.69) is 0 Å². The maximum atomic E-state index is 13.1. The molecule has 3 rings (SSSR count). The fraction of sp³-hybridized carbons (Fsp3) is 0.238. The van der Waals surface area contributed by atoms with Crippen molar-refractivity contribution in [1.82, 2.24) is 4.40 Å². The molecule has 0 saturated heterocycles. The second-order valence-corrected chi connectivity index (χ2v) is 6.58. The van der Waals surface area contributed by atoms with Gasteiger partial charge >= 0.3 is 5.97 Å². The summed E-state index contributed by atoms with van der Waals surface area (Å²) in [7, 11) is 0. The highest BCUT2D eigenvalue weighted by atomic mass is 35.5. The van der Waals surface area contributed by atoms with Gasteiger partial charge in [0.2, 0.25) is 5.78 Å². The quantitative estimate of drug-likeness (QED) is 0.489. The molecule has 0 aliphatic heterocycles. The number of carboxylic acids is 1. The molecule has 0 aliphatic carbocycles. The molecule has 2 heterocycles. The molecule has 2 aromatic heterocycles. The largest absolute Gasteiger partial charge is 0.478 e. The first-order valence-electron chi connectivity index (χ1n) is 8.62. The number of benzene rings is 1. The number of rotatable bonds is 7. The second-order valence-electron chi connectivity index (χ2n) is 6.21. The van der Waals surface area contributed by atoms with Gasteiger partial charge < -0.3 is 9.51 Å². The van der Waals surface area contributed by atoms with Crippen molar-refractivity contribution < 1.29 is 14.7 Å². The van der Waals surface area contributed by atoms with Crippen LogP contribution in [0.2, 0.25) is 0 Å². The first-order valence-corrected chi connectivity index (χ1v) is 9.15. The van der Waals surface area contributed by atoms with Crippen molar-refractivity contribution in [2.24, 2.45) is 0 Å². The Morgan fingerprint density at radius 3 is 2.42 bits per heavy atom. The van der Waals surface area contributed by atoms with Crippen LogP contribution in [0.1, 0.15) is 50.9 Å². The number of hydrogen-bond donors (Lipinski definition) is 1. The second kappa shape index (κ2) is 7.75. The number of alkyl halides is 1. The van der Waals surface area contributed by atoms with Gasteiger partial charge in [-0.05, 0) is 48.6 Å². The molecule has 0 radical (unpaired) electrons. The van der Waals surface area contributed by atoms with Crippen molar-refractivity contribution >= 4 is 28.9 Å². The summed E-state index contributed by atoms with van der Waals surface area (Å²) in [5.74, 6) is -0.421. The number of carbonyl (C=O) groups is 2. The zero-order valence-corrected chi connectivity index (χ0v) is 15.3. The number of aromatic carboxylic acids is 1. The fourth-order valence-electron chi connectivity index (χ4n) is 3.12. The van der Waals surface area contributed by atoms with Gasteiger partial charge in [-0.2, -0.15) is 0 Å². The number of carbonyl (C=O) groups excluding carboxylic acids is 1. The Balaban J connectivity index is 2.00. The number of nitrogens with zero attached hydrogens (tertiary/aromatic N) is 1. The molecule has 5 heteroatoms. The Bertz CT molecular complexity index is 957. The van der Waals surface area contributed by atoms with Crippen molar-refractivity contribution in [3.05, 3.63) is 76.6 Å². The van der Waals surface area contributed by atoms with E-state index in [0.717, 1.165) is 24.0 Å². The molecule has 4 nitrogen and oxygen atoms in total. The van der Waals surface area contributed by atoms with Crippen LogP contribution in [0.3, 0.4) is 0 Å². The molecule has 0 fully saturated rings. The van der Waals surface area contributed by atoms with Gasteiger partial charge in [-0.1, -0.05) is 31.2 Å². The molecule has 0 unspecified atom stereocenters. The minimum absolute atomic E-state index is 0.0613. The van der Waals surface area contributed by atoms with Gasteiger partial charge in [-0.15, -0.1) is 11.6 Å². The van der Waals surface area contributed by atoms with Crippen molar-refractivity contribution in [2.45, 2.75) is 26.2 Å². The summed E-state index contributed by atoms with van der Waals surface area (Å²) in [5.41, 5.74) is 4.20. The van der Waals surface area contributed by atoms with Gasteiger partial charge in [0.05, 0.1) is 11.3 Å². The summed E-state index contributed by atoms with van der Waals surface area (Å²) >= 11 is 5.73. The Kier molecular flexibility index (Phi) is 5.43. The lowest BCUT2D eigenvalue weighted by Crippen LogP contribution is -2.08. The topological polar surface area (TPSA) is 58.8 Å². The molecule has 1 aromatic carbocycles. The summed E-state index contributed by atoms with van der Waals surface area (Å²) in [6.45, 7) is 1.99. The predicted octanol–water partition coefficient (Wildman–Crippen LogP) is 4.60. The molecule has 3 aromatic rings. The molecule has 0 bridgehead atoms. The first-order chi connectivity index (χ1) is 12.5. The Hall–Kier alpha value is -2.59. The molecule has 134 valence electrons. The molecular weight excluding hydrogens is 350 g/mol. The highest BCUT2D eigenvalue weighted by molar-refractivity contribution is 6.17. The van der Waals surface area contributed by atoms with Crippen molar-refractivity contribution in [3.8, 4) is 0 Å². The predicted molar refractivity (Wildman–Crippen MR) is 103 cm³/mol. The number of halogens is 1. The number of fused-ring (bicyclic) bond motifs is 1. The summed E-state index contributed by atoms with van der Waals surface area (Å²) in [5, 5.41) is 9.17. The van der Waals surface area contributed by atoms with E-state index in [1.165, 1.54) is 6.07 Å². The van der Waals surface area contributed by atoms with Crippen LogP contribution >= 0.6 is 11.6 Å². The zero-order valence-electron chi connectivity index (χ0n) is 14.5. The maximum Gasteiger partial charge on any atom is 0.335 e. The minimum atomic E-state index is -0.979. The van der Waals surface area contributed by atoms with Gasteiger partial charge in [0.15, 0.2) is 0 Å². The monoisotopic (exact) mass is 369 g/mol. The molecule has 26 heavy (non-hydrogen) atoms. The van der Waals surface area contributed by atoms with Crippen LogP contribution < -0.4 is 0 Å². The van der Waals surface area contributed by atoms with Crippen LogP contribution in [0.4, 0.5) is 0 Å². The van der Waals surface area contributed by atoms with E-state index in [1.807, 2.05) is 37.3 Å². The van der Waals surface area contributed by atoms with Crippen molar-refractivity contribution in [2.75, 3.05) is 5.88 Å². The van der Waals surface area contributed by atoms with E-state index in [-0.39, 0.29) is 11.3 Å². The third kappa shape index (κ3) is 3.51.